The first-order chi connectivity index (χ1) is 9.65. The number of anilines is 1. The van der Waals surface area contributed by atoms with Gasteiger partial charge in [0.15, 0.2) is 0 Å². The Morgan fingerprint density at radius 2 is 2.35 bits per heavy atom. The lowest BCUT2D eigenvalue weighted by Gasteiger charge is -2.06. The normalized spacial score (nSPS) is 18.4. The Kier molecular flexibility index (Phi) is 3.27. The third-order valence-corrected chi connectivity index (χ3v) is 3.40. The highest BCUT2D eigenvalue weighted by Gasteiger charge is 2.20. The lowest BCUT2D eigenvalue weighted by molar-refractivity contribution is 0.102. The summed E-state index contributed by atoms with van der Waals surface area (Å²) < 4.78 is 12.1. The van der Waals surface area contributed by atoms with Crippen LogP contribution in [0.15, 0.2) is 16.9 Å². The van der Waals surface area contributed by atoms with E-state index in [1.807, 2.05) is 10.9 Å². The van der Waals surface area contributed by atoms with Crippen LogP contribution in [0.1, 0.15) is 34.3 Å². The van der Waals surface area contributed by atoms with Crippen LogP contribution in [0.5, 0.6) is 0 Å². The molecule has 0 aliphatic carbocycles. The molecule has 0 radical (unpaired) electrons. The number of hydrogen-bond acceptors (Lipinski definition) is 5. The average Bonchev–Trinajstić information content (AvgIpc) is 3.10. The second-order valence-electron chi connectivity index (χ2n) is 4.88. The molecule has 1 aliphatic rings. The summed E-state index contributed by atoms with van der Waals surface area (Å²) in [6.45, 7) is 4.88. The lowest BCUT2D eigenvalue weighted by atomic mass is 10.2. The van der Waals surface area contributed by atoms with Gasteiger partial charge in [0.2, 0.25) is 0 Å². The van der Waals surface area contributed by atoms with E-state index in [1.54, 1.807) is 20.0 Å². The molecule has 106 valence electrons. The highest BCUT2D eigenvalue weighted by Crippen LogP contribution is 2.20. The van der Waals surface area contributed by atoms with Crippen LogP contribution in [-0.2, 0) is 4.74 Å². The van der Waals surface area contributed by atoms with Crippen molar-refractivity contribution in [2.45, 2.75) is 26.3 Å². The molecule has 1 saturated heterocycles. The molecule has 3 heterocycles. The van der Waals surface area contributed by atoms with Crippen LogP contribution in [0.25, 0.3) is 0 Å². The van der Waals surface area contributed by atoms with Crippen LogP contribution >= 0.6 is 0 Å². The number of aryl methyl sites for hydroxylation is 2. The third-order valence-electron chi connectivity index (χ3n) is 3.40. The summed E-state index contributed by atoms with van der Waals surface area (Å²) in [5.74, 6) is 0.278. The minimum atomic E-state index is -0.233. The van der Waals surface area contributed by atoms with Crippen molar-refractivity contribution in [1.29, 1.82) is 0 Å². The Balaban J connectivity index is 1.73. The minimum Gasteiger partial charge on any atom is -0.379 e. The fourth-order valence-corrected chi connectivity index (χ4v) is 2.33. The fourth-order valence-electron chi connectivity index (χ4n) is 2.33. The zero-order chi connectivity index (χ0) is 14.1. The van der Waals surface area contributed by atoms with Crippen molar-refractivity contribution >= 4 is 11.6 Å². The average molecular weight is 276 g/mol. The number of carbonyl (C=O) groups excluding carboxylic acids is 1. The van der Waals surface area contributed by atoms with Gasteiger partial charge < -0.3 is 14.6 Å². The maximum Gasteiger partial charge on any atom is 0.261 e. The van der Waals surface area contributed by atoms with Crippen LogP contribution in [0.2, 0.25) is 0 Å². The van der Waals surface area contributed by atoms with Gasteiger partial charge in [-0.2, -0.15) is 5.10 Å². The van der Waals surface area contributed by atoms with Gasteiger partial charge in [-0.25, -0.2) is 0 Å². The summed E-state index contributed by atoms with van der Waals surface area (Å²) in [5.41, 5.74) is 1.71. The van der Waals surface area contributed by atoms with Gasteiger partial charge in [0.05, 0.1) is 30.2 Å². The van der Waals surface area contributed by atoms with Gasteiger partial charge in [0, 0.05) is 12.8 Å². The summed E-state index contributed by atoms with van der Waals surface area (Å²) in [4.78, 5) is 12.2. The molecule has 2 aromatic rings. The molecule has 1 atom stereocenters. The molecule has 0 saturated carbocycles. The quantitative estimate of drug-likeness (QED) is 0.922. The van der Waals surface area contributed by atoms with Gasteiger partial charge in [-0.3, -0.25) is 9.48 Å². The lowest BCUT2D eigenvalue weighted by Crippen LogP contribution is -2.13. The number of ether oxygens (including phenoxy) is 1. The molecule has 0 spiro atoms. The number of hydrogen-bond donors (Lipinski definition) is 1. The van der Waals surface area contributed by atoms with Crippen molar-refractivity contribution in [2.75, 3.05) is 18.5 Å². The number of carbonyl (C=O) groups is 1. The molecule has 7 nitrogen and oxygen atoms in total. The Bertz CT molecular complexity index is 606. The molecule has 0 unspecified atom stereocenters. The molecule has 1 N–H and O–H groups in total. The zero-order valence-corrected chi connectivity index (χ0v) is 11.4. The Morgan fingerprint density at radius 1 is 1.50 bits per heavy atom. The van der Waals surface area contributed by atoms with Crippen LogP contribution in [-0.4, -0.2) is 34.1 Å². The molecule has 0 aromatic carbocycles. The highest BCUT2D eigenvalue weighted by molar-refractivity contribution is 6.05. The predicted molar refractivity (Wildman–Crippen MR) is 70.6 cm³/mol. The molecule has 1 aliphatic heterocycles. The van der Waals surface area contributed by atoms with E-state index < -0.39 is 0 Å². The first kappa shape index (κ1) is 12.9. The number of nitrogens with one attached hydrogen (secondary N) is 1. The molecule has 1 fully saturated rings. The van der Waals surface area contributed by atoms with Crippen molar-refractivity contribution in [3.63, 3.8) is 0 Å². The molecule has 3 rings (SSSR count). The monoisotopic (exact) mass is 276 g/mol. The van der Waals surface area contributed by atoms with Crippen LogP contribution < -0.4 is 5.32 Å². The van der Waals surface area contributed by atoms with E-state index in [-0.39, 0.29) is 11.9 Å². The molecule has 1 amide bonds. The largest absolute Gasteiger partial charge is 0.379 e. The van der Waals surface area contributed by atoms with Gasteiger partial charge in [-0.05, 0) is 20.3 Å². The van der Waals surface area contributed by atoms with Crippen molar-refractivity contribution in [3.8, 4) is 0 Å². The van der Waals surface area contributed by atoms with Gasteiger partial charge in [0.25, 0.3) is 5.91 Å². The number of aromatic nitrogens is 3. The van der Waals surface area contributed by atoms with Gasteiger partial charge >= 0.3 is 0 Å². The molecule has 20 heavy (non-hydrogen) atoms. The van der Waals surface area contributed by atoms with Crippen molar-refractivity contribution in [3.05, 3.63) is 29.4 Å². The predicted octanol–water partition coefficient (Wildman–Crippen LogP) is 1.70. The van der Waals surface area contributed by atoms with Crippen LogP contribution in [0, 0.1) is 13.8 Å². The topological polar surface area (TPSA) is 82.2 Å². The van der Waals surface area contributed by atoms with Crippen LogP contribution in [0.3, 0.4) is 0 Å². The van der Waals surface area contributed by atoms with Crippen LogP contribution in [0.4, 0.5) is 5.69 Å². The van der Waals surface area contributed by atoms with E-state index in [0.717, 1.165) is 13.0 Å². The second-order valence-corrected chi connectivity index (χ2v) is 4.88. The minimum absolute atomic E-state index is 0.233. The number of nitrogens with zero attached hydrogens (tertiary/aromatic N) is 3. The SMILES string of the molecule is Cc1noc(C)c1C(=O)Nc1cnn([C@H]2CCOC2)c1. The Labute approximate surface area is 115 Å². The maximum absolute atomic E-state index is 12.2. The van der Waals surface area contributed by atoms with Crippen molar-refractivity contribution < 1.29 is 14.1 Å². The summed E-state index contributed by atoms with van der Waals surface area (Å²) >= 11 is 0. The highest BCUT2D eigenvalue weighted by atomic mass is 16.5. The maximum atomic E-state index is 12.2. The third kappa shape index (κ3) is 2.32. The Morgan fingerprint density at radius 3 is 3.00 bits per heavy atom. The molecule has 0 bridgehead atoms. The summed E-state index contributed by atoms with van der Waals surface area (Å²) in [6.07, 6.45) is 4.39. The van der Waals surface area contributed by atoms with Gasteiger partial charge in [-0.15, -0.1) is 0 Å². The Hall–Kier alpha value is -2.15. The van der Waals surface area contributed by atoms with Gasteiger partial charge in [0.1, 0.15) is 11.3 Å². The standard InChI is InChI=1S/C13H16N4O3/c1-8-12(9(2)20-16-8)13(18)15-10-5-14-17(6-10)11-3-4-19-7-11/h5-6,11H,3-4,7H2,1-2H3,(H,15,18)/t11-/m0/s1. The van der Waals surface area contributed by atoms with E-state index in [0.29, 0.717) is 29.3 Å². The summed E-state index contributed by atoms with van der Waals surface area (Å²) in [5, 5.41) is 10.8. The van der Waals surface area contributed by atoms with E-state index in [9.17, 15) is 4.79 Å². The second kappa shape index (κ2) is 5.09. The van der Waals surface area contributed by atoms with E-state index in [2.05, 4.69) is 15.6 Å². The van der Waals surface area contributed by atoms with Crippen molar-refractivity contribution in [2.24, 2.45) is 0 Å². The van der Waals surface area contributed by atoms with E-state index in [4.69, 9.17) is 9.26 Å². The molecule has 7 heteroatoms. The first-order valence-electron chi connectivity index (χ1n) is 6.51. The summed E-state index contributed by atoms with van der Waals surface area (Å²) in [6, 6.07) is 0.250. The number of rotatable bonds is 3. The number of amides is 1. The first-order valence-corrected chi connectivity index (χ1v) is 6.51. The van der Waals surface area contributed by atoms with Crippen molar-refractivity contribution in [1.82, 2.24) is 14.9 Å². The molecule has 2 aromatic heterocycles. The summed E-state index contributed by atoms with van der Waals surface area (Å²) in [7, 11) is 0. The van der Waals surface area contributed by atoms with E-state index >= 15 is 0 Å². The fraction of sp³-hybridized carbons (Fsp3) is 0.462. The zero-order valence-electron chi connectivity index (χ0n) is 11.4. The smallest absolute Gasteiger partial charge is 0.261 e. The molecular weight excluding hydrogens is 260 g/mol. The molecular formula is C13H16N4O3. The van der Waals surface area contributed by atoms with Gasteiger partial charge in [-0.1, -0.05) is 5.16 Å². The van der Waals surface area contributed by atoms with E-state index in [1.165, 1.54) is 0 Å².